The molecule has 3 aromatic heterocycles. The number of nitrogens with zero attached hydrogens (tertiary/aromatic N) is 2. The lowest BCUT2D eigenvalue weighted by molar-refractivity contribution is 0.415. The number of fused-ring (bicyclic) bond motifs is 2. The van der Waals surface area contributed by atoms with Gasteiger partial charge in [-0.3, -0.25) is 0 Å². The molecule has 3 heterocycles. The predicted octanol–water partition coefficient (Wildman–Crippen LogP) is 4.87. The number of nitrogens with one attached hydrogen (secondary N) is 3. The minimum absolute atomic E-state index is 0.252. The summed E-state index contributed by atoms with van der Waals surface area (Å²) in [6.45, 7) is 2.09. The molecule has 0 saturated carbocycles. The van der Waals surface area contributed by atoms with Crippen molar-refractivity contribution in [3.05, 3.63) is 71.7 Å². The number of aromatic nitrogens is 4. The maximum Gasteiger partial charge on any atom is 0.221 e. The SMILES string of the molecule is COc1ccc2[nH]cc(CCc3cnc(N)nc3Nc3ccc4[nH]cc(C)c4c3)c2c1. The summed E-state index contributed by atoms with van der Waals surface area (Å²) < 4.78 is 5.38. The van der Waals surface area contributed by atoms with Crippen molar-refractivity contribution in [1.29, 1.82) is 0 Å². The quantitative estimate of drug-likeness (QED) is 0.319. The molecule has 0 aliphatic rings. The second-order valence-electron chi connectivity index (χ2n) is 7.68. The Labute approximate surface area is 179 Å². The number of H-pyrrole nitrogens is 2. The summed E-state index contributed by atoms with van der Waals surface area (Å²) in [5.41, 5.74) is 12.5. The number of rotatable bonds is 6. The molecule has 2 aromatic carbocycles. The number of hydrogen-bond donors (Lipinski definition) is 4. The van der Waals surface area contributed by atoms with Gasteiger partial charge in [-0.2, -0.15) is 4.98 Å². The number of hydrogen-bond acceptors (Lipinski definition) is 5. The first kappa shape index (κ1) is 19.0. The molecule has 0 spiro atoms. The third-order valence-electron chi connectivity index (χ3n) is 5.67. The molecule has 0 saturated heterocycles. The highest BCUT2D eigenvalue weighted by molar-refractivity contribution is 5.87. The summed E-state index contributed by atoms with van der Waals surface area (Å²) in [4.78, 5) is 15.3. The Bertz CT molecular complexity index is 1380. The molecule has 0 atom stereocenters. The van der Waals surface area contributed by atoms with E-state index in [1.54, 1.807) is 13.3 Å². The molecule has 0 unspecified atom stereocenters. The van der Waals surface area contributed by atoms with E-state index in [4.69, 9.17) is 10.5 Å². The van der Waals surface area contributed by atoms with Crippen LogP contribution in [0, 0.1) is 6.92 Å². The van der Waals surface area contributed by atoms with Crippen LogP contribution in [0.5, 0.6) is 5.75 Å². The van der Waals surface area contributed by atoms with Crippen molar-refractivity contribution >= 4 is 39.3 Å². The van der Waals surface area contributed by atoms with Crippen LogP contribution in [-0.4, -0.2) is 27.0 Å². The molecule has 0 fully saturated rings. The molecule has 31 heavy (non-hydrogen) atoms. The first-order chi connectivity index (χ1) is 15.1. The lowest BCUT2D eigenvalue weighted by Crippen LogP contribution is -2.05. The van der Waals surface area contributed by atoms with Crippen LogP contribution in [0.1, 0.15) is 16.7 Å². The summed E-state index contributed by atoms with van der Waals surface area (Å²) in [5, 5.41) is 5.78. The Hall–Kier alpha value is -4.00. The first-order valence-corrected chi connectivity index (χ1v) is 10.2. The maximum absolute atomic E-state index is 5.89. The number of anilines is 3. The van der Waals surface area contributed by atoms with E-state index in [0.717, 1.165) is 46.7 Å². The molecule has 5 aromatic rings. The number of aryl methyl sites for hydroxylation is 3. The van der Waals surface area contributed by atoms with Gasteiger partial charge in [-0.15, -0.1) is 0 Å². The van der Waals surface area contributed by atoms with E-state index >= 15 is 0 Å². The standard InChI is InChI=1S/C24H24N6O/c1-14-11-26-21-7-5-17(9-19(14)21)29-23-16(13-28-24(25)30-23)4-3-15-12-27-22-8-6-18(31-2)10-20(15)22/h5-13,26-27H,3-4H2,1-2H3,(H3,25,28,29,30). The minimum atomic E-state index is 0.252. The molecular weight excluding hydrogens is 388 g/mol. The van der Waals surface area contributed by atoms with E-state index in [1.165, 1.54) is 21.9 Å². The van der Waals surface area contributed by atoms with Gasteiger partial charge in [0.25, 0.3) is 0 Å². The molecule has 0 aliphatic carbocycles. The van der Waals surface area contributed by atoms with Gasteiger partial charge in [0.2, 0.25) is 5.95 Å². The summed E-state index contributed by atoms with van der Waals surface area (Å²) in [6, 6.07) is 12.3. The van der Waals surface area contributed by atoms with Gasteiger partial charge in [-0.05, 0) is 67.3 Å². The van der Waals surface area contributed by atoms with Gasteiger partial charge < -0.3 is 25.8 Å². The fourth-order valence-corrected chi connectivity index (χ4v) is 3.95. The van der Waals surface area contributed by atoms with E-state index in [9.17, 15) is 0 Å². The smallest absolute Gasteiger partial charge is 0.221 e. The van der Waals surface area contributed by atoms with E-state index in [-0.39, 0.29) is 5.95 Å². The van der Waals surface area contributed by atoms with Gasteiger partial charge in [-0.1, -0.05) is 0 Å². The van der Waals surface area contributed by atoms with E-state index in [1.807, 2.05) is 24.4 Å². The Kier molecular flexibility index (Phi) is 4.71. The van der Waals surface area contributed by atoms with Crippen molar-refractivity contribution in [3.63, 3.8) is 0 Å². The summed E-state index contributed by atoms with van der Waals surface area (Å²) in [5.74, 6) is 1.83. The van der Waals surface area contributed by atoms with Gasteiger partial charge in [-0.25, -0.2) is 4.98 Å². The number of nitrogens with two attached hydrogens (primary N) is 1. The van der Waals surface area contributed by atoms with Crippen LogP contribution in [-0.2, 0) is 12.8 Å². The molecular formula is C24H24N6O. The molecule has 7 nitrogen and oxygen atoms in total. The first-order valence-electron chi connectivity index (χ1n) is 10.2. The Morgan fingerprint density at radius 2 is 1.74 bits per heavy atom. The zero-order valence-corrected chi connectivity index (χ0v) is 17.5. The third-order valence-corrected chi connectivity index (χ3v) is 5.67. The van der Waals surface area contributed by atoms with Crippen LogP contribution in [0.15, 0.2) is 55.0 Å². The summed E-state index contributed by atoms with van der Waals surface area (Å²) >= 11 is 0. The highest BCUT2D eigenvalue weighted by Crippen LogP contribution is 2.28. The minimum Gasteiger partial charge on any atom is -0.497 e. The zero-order chi connectivity index (χ0) is 21.4. The topological polar surface area (TPSA) is 105 Å². The lowest BCUT2D eigenvalue weighted by Gasteiger charge is -2.12. The number of aromatic amines is 2. The number of benzene rings is 2. The van der Waals surface area contributed by atoms with Gasteiger partial charge in [0.15, 0.2) is 0 Å². The average molecular weight is 412 g/mol. The summed E-state index contributed by atoms with van der Waals surface area (Å²) in [7, 11) is 1.68. The van der Waals surface area contributed by atoms with Crippen LogP contribution >= 0.6 is 0 Å². The molecule has 5 N–H and O–H groups in total. The Morgan fingerprint density at radius 3 is 2.61 bits per heavy atom. The third kappa shape index (κ3) is 3.66. The molecule has 7 heteroatoms. The predicted molar refractivity (Wildman–Crippen MR) is 125 cm³/mol. The van der Waals surface area contributed by atoms with Gasteiger partial charge in [0.1, 0.15) is 11.6 Å². The van der Waals surface area contributed by atoms with Gasteiger partial charge in [0.05, 0.1) is 7.11 Å². The highest BCUT2D eigenvalue weighted by Gasteiger charge is 2.11. The average Bonchev–Trinajstić information content (AvgIpc) is 3.36. The van der Waals surface area contributed by atoms with E-state index in [0.29, 0.717) is 0 Å². The normalized spacial score (nSPS) is 11.3. The molecule has 0 radical (unpaired) electrons. The van der Waals surface area contributed by atoms with Crippen LogP contribution in [0.3, 0.4) is 0 Å². The van der Waals surface area contributed by atoms with Gasteiger partial charge in [0, 0.05) is 51.6 Å². The van der Waals surface area contributed by atoms with Crippen LogP contribution in [0.2, 0.25) is 0 Å². The van der Waals surface area contributed by atoms with Crippen LogP contribution < -0.4 is 15.8 Å². The fraction of sp³-hybridized carbons (Fsp3) is 0.167. The largest absolute Gasteiger partial charge is 0.497 e. The molecule has 5 rings (SSSR count). The lowest BCUT2D eigenvalue weighted by atomic mass is 10.0. The summed E-state index contributed by atoms with van der Waals surface area (Å²) in [6.07, 6.45) is 7.49. The zero-order valence-electron chi connectivity index (χ0n) is 17.5. The Balaban J connectivity index is 1.42. The second-order valence-corrected chi connectivity index (χ2v) is 7.68. The number of nitrogen functional groups attached to an aromatic ring is 1. The highest BCUT2D eigenvalue weighted by atomic mass is 16.5. The molecule has 0 amide bonds. The second kappa shape index (κ2) is 7.68. The van der Waals surface area contributed by atoms with Gasteiger partial charge >= 0.3 is 0 Å². The van der Waals surface area contributed by atoms with Crippen LogP contribution in [0.25, 0.3) is 21.8 Å². The Morgan fingerprint density at radius 1 is 0.968 bits per heavy atom. The van der Waals surface area contributed by atoms with E-state index in [2.05, 4.69) is 56.6 Å². The van der Waals surface area contributed by atoms with Crippen molar-refractivity contribution in [2.75, 3.05) is 18.2 Å². The van der Waals surface area contributed by atoms with Crippen molar-refractivity contribution in [2.24, 2.45) is 0 Å². The van der Waals surface area contributed by atoms with Crippen LogP contribution in [0.4, 0.5) is 17.5 Å². The number of methoxy groups -OCH3 is 1. The molecule has 0 aliphatic heterocycles. The molecule has 0 bridgehead atoms. The van der Waals surface area contributed by atoms with Crippen molar-refractivity contribution < 1.29 is 4.74 Å². The number of ether oxygens (including phenoxy) is 1. The van der Waals surface area contributed by atoms with Crippen molar-refractivity contribution in [1.82, 2.24) is 19.9 Å². The van der Waals surface area contributed by atoms with Crippen molar-refractivity contribution in [2.45, 2.75) is 19.8 Å². The van der Waals surface area contributed by atoms with E-state index < -0.39 is 0 Å². The fourth-order valence-electron chi connectivity index (χ4n) is 3.95. The monoisotopic (exact) mass is 412 g/mol. The maximum atomic E-state index is 5.89. The molecule has 156 valence electrons. The van der Waals surface area contributed by atoms with Crippen molar-refractivity contribution in [3.8, 4) is 5.75 Å².